The van der Waals surface area contributed by atoms with Gasteiger partial charge in [0.05, 0.1) is 0 Å². The van der Waals surface area contributed by atoms with E-state index < -0.39 is 9.06 Å². The van der Waals surface area contributed by atoms with E-state index in [2.05, 4.69) is 4.72 Å². The molecule has 0 aromatic heterocycles. The van der Waals surface area contributed by atoms with Crippen molar-refractivity contribution in [1.82, 2.24) is 4.72 Å². The van der Waals surface area contributed by atoms with Gasteiger partial charge in [-0.3, -0.25) is 0 Å². The molecule has 0 aliphatic carbocycles. The summed E-state index contributed by atoms with van der Waals surface area (Å²) in [6, 6.07) is 0. The fourth-order valence-corrected chi connectivity index (χ4v) is 2.66. The van der Waals surface area contributed by atoms with Crippen LogP contribution in [0.4, 0.5) is 0 Å². The van der Waals surface area contributed by atoms with E-state index in [9.17, 15) is 8.42 Å². The molecule has 0 spiro atoms. The first-order valence-electron chi connectivity index (χ1n) is 2.76. The summed E-state index contributed by atoms with van der Waals surface area (Å²) in [5, 5.41) is 0. The van der Waals surface area contributed by atoms with Gasteiger partial charge in [-0.1, -0.05) is 13.8 Å². The van der Waals surface area contributed by atoms with Crippen LogP contribution in [0.1, 0.15) is 13.8 Å². The van der Waals surface area contributed by atoms with Crippen LogP contribution in [0.2, 0.25) is 0 Å². The average molecular weight is 169 g/mol. The van der Waals surface area contributed by atoms with E-state index in [1.807, 2.05) is 0 Å². The van der Waals surface area contributed by atoms with E-state index in [-0.39, 0.29) is 0 Å². The van der Waals surface area contributed by atoms with Crippen LogP contribution in [0.5, 0.6) is 0 Å². The van der Waals surface area contributed by atoms with Gasteiger partial charge in [0.1, 0.15) is 0 Å². The summed E-state index contributed by atoms with van der Waals surface area (Å²) in [6.45, 7) is 4.03. The van der Waals surface area contributed by atoms with Gasteiger partial charge in [0.15, 0.2) is 0 Å². The van der Waals surface area contributed by atoms with E-state index in [0.29, 0.717) is 12.3 Å². The SMILES string of the molecule is CCNS(=O)(=O)SCC. The minimum absolute atomic E-state index is 0.468. The highest BCUT2D eigenvalue weighted by atomic mass is 33.1. The summed E-state index contributed by atoms with van der Waals surface area (Å²) >= 11 is 0. The zero-order valence-corrected chi connectivity index (χ0v) is 7.18. The first-order valence-corrected chi connectivity index (χ1v) is 5.75. The first kappa shape index (κ1) is 9.26. The Morgan fingerprint density at radius 3 is 2.33 bits per heavy atom. The lowest BCUT2D eigenvalue weighted by Gasteiger charge is -1.98. The minimum Gasteiger partial charge on any atom is -0.207 e. The van der Waals surface area contributed by atoms with Gasteiger partial charge in [0, 0.05) is 12.3 Å². The molecule has 5 heteroatoms. The van der Waals surface area contributed by atoms with Crippen LogP contribution in [-0.4, -0.2) is 20.7 Å². The standard InChI is InChI=1S/C4H11NO2S2/c1-3-5-9(6,7)8-4-2/h5H,3-4H2,1-2H3. The van der Waals surface area contributed by atoms with Crippen LogP contribution in [0.25, 0.3) is 0 Å². The Bertz CT molecular complexity index is 140. The van der Waals surface area contributed by atoms with Crippen molar-refractivity contribution in [1.29, 1.82) is 0 Å². The Morgan fingerprint density at radius 1 is 1.44 bits per heavy atom. The maximum absolute atomic E-state index is 10.7. The topological polar surface area (TPSA) is 46.2 Å². The van der Waals surface area contributed by atoms with Crippen molar-refractivity contribution >= 4 is 19.8 Å². The number of hydrogen-bond donors (Lipinski definition) is 1. The lowest BCUT2D eigenvalue weighted by atomic mass is 10.8. The van der Waals surface area contributed by atoms with Crippen LogP contribution < -0.4 is 4.72 Å². The second kappa shape index (κ2) is 4.14. The molecule has 0 saturated heterocycles. The molecule has 0 bridgehead atoms. The summed E-state index contributed by atoms with van der Waals surface area (Å²) in [7, 11) is -2.10. The number of hydrogen-bond acceptors (Lipinski definition) is 3. The predicted octanol–water partition coefficient (Wildman–Crippen LogP) is 0.594. The Labute approximate surface area is 59.7 Å². The van der Waals surface area contributed by atoms with Gasteiger partial charge in [-0.2, -0.15) is 0 Å². The molecule has 0 unspecified atom stereocenters. The second-order valence-electron chi connectivity index (χ2n) is 1.36. The molecule has 1 N–H and O–H groups in total. The molecule has 0 amide bonds. The van der Waals surface area contributed by atoms with Gasteiger partial charge in [-0.05, 0) is 10.8 Å². The number of nitrogens with one attached hydrogen (secondary N) is 1. The van der Waals surface area contributed by atoms with Crippen molar-refractivity contribution < 1.29 is 8.42 Å². The Balaban J connectivity index is 3.73. The smallest absolute Gasteiger partial charge is 0.207 e. The van der Waals surface area contributed by atoms with Gasteiger partial charge in [-0.25, -0.2) is 13.1 Å². The molecule has 0 saturated carbocycles. The normalized spacial score (nSPS) is 11.8. The third-order valence-corrected chi connectivity index (χ3v) is 3.77. The summed E-state index contributed by atoms with van der Waals surface area (Å²) in [4.78, 5) is 0. The lowest BCUT2D eigenvalue weighted by Crippen LogP contribution is -2.19. The summed E-state index contributed by atoms with van der Waals surface area (Å²) in [5.41, 5.74) is 0. The third kappa shape index (κ3) is 4.74. The van der Waals surface area contributed by atoms with Crippen molar-refractivity contribution in [2.24, 2.45) is 0 Å². The Morgan fingerprint density at radius 2 is 2.00 bits per heavy atom. The summed E-state index contributed by atoms with van der Waals surface area (Å²) in [5.74, 6) is 0.593. The van der Waals surface area contributed by atoms with E-state index in [1.54, 1.807) is 13.8 Å². The maximum atomic E-state index is 10.7. The molecule has 0 aliphatic rings. The molecule has 0 rings (SSSR count). The van der Waals surface area contributed by atoms with E-state index >= 15 is 0 Å². The highest BCUT2D eigenvalue weighted by Gasteiger charge is 2.04. The molecule has 3 nitrogen and oxygen atoms in total. The molecule has 0 radical (unpaired) electrons. The second-order valence-corrected chi connectivity index (χ2v) is 5.39. The zero-order chi connectivity index (χ0) is 7.33. The molecular formula is C4H11NO2S2. The van der Waals surface area contributed by atoms with Crippen molar-refractivity contribution in [3.05, 3.63) is 0 Å². The zero-order valence-electron chi connectivity index (χ0n) is 5.55. The molecule has 0 fully saturated rings. The van der Waals surface area contributed by atoms with Crippen LogP contribution in [0, 0.1) is 0 Å². The highest BCUT2D eigenvalue weighted by molar-refractivity contribution is 8.71. The molecule has 9 heavy (non-hydrogen) atoms. The average Bonchev–Trinajstić information content (AvgIpc) is 1.64. The maximum Gasteiger partial charge on any atom is 0.264 e. The van der Waals surface area contributed by atoms with E-state index in [4.69, 9.17) is 0 Å². The van der Waals surface area contributed by atoms with Gasteiger partial charge in [0.25, 0.3) is 9.06 Å². The largest absolute Gasteiger partial charge is 0.264 e. The minimum atomic E-state index is -3.02. The molecule has 0 aromatic rings. The van der Waals surface area contributed by atoms with Crippen molar-refractivity contribution in [3.63, 3.8) is 0 Å². The third-order valence-electron chi connectivity index (χ3n) is 0.594. The highest BCUT2D eigenvalue weighted by Crippen LogP contribution is 2.06. The van der Waals surface area contributed by atoms with Crippen LogP contribution in [0.15, 0.2) is 0 Å². The fourth-order valence-electron chi connectivity index (χ4n) is 0.374. The number of rotatable bonds is 4. The van der Waals surface area contributed by atoms with Gasteiger partial charge < -0.3 is 0 Å². The van der Waals surface area contributed by atoms with Crippen molar-refractivity contribution in [3.8, 4) is 0 Å². The Kier molecular flexibility index (Phi) is 4.26. The monoisotopic (exact) mass is 169 g/mol. The first-order chi connectivity index (χ1) is 4.12. The van der Waals surface area contributed by atoms with Crippen molar-refractivity contribution in [2.75, 3.05) is 12.3 Å². The quantitative estimate of drug-likeness (QED) is 0.627. The Hall–Kier alpha value is 0.260. The molecule has 0 atom stereocenters. The van der Waals surface area contributed by atoms with E-state index in [0.717, 1.165) is 10.8 Å². The lowest BCUT2D eigenvalue weighted by molar-refractivity contribution is 0.599. The molecule has 0 heterocycles. The van der Waals surface area contributed by atoms with Gasteiger partial charge in [0.2, 0.25) is 0 Å². The summed E-state index contributed by atoms with van der Waals surface area (Å²) in [6.07, 6.45) is 0. The molecular weight excluding hydrogens is 158 g/mol. The van der Waals surface area contributed by atoms with Crippen molar-refractivity contribution in [2.45, 2.75) is 13.8 Å². The molecule has 56 valence electrons. The fraction of sp³-hybridized carbons (Fsp3) is 1.00. The molecule has 0 aliphatic heterocycles. The van der Waals surface area contributed by atoms with Gasteiger partial charge >= 0.3 is 0 Å². The molecule has 0 aromatic carbocycles. The van der Waals surface area contributed by atoms with Crippen LogP contribution in [-0.2, 0) is 9.06 Å². The van der Waals surface area contributed by atoms with Gasteiger partial charge in [-0.15, -0.1) is 0 Å². The van der Waals surface area contributed by atoms with Crippen LogP contribution >= 0.6 is 10.8 Å². The van der Waals surface area contributed by atoms with Crippen LogP contribution in [0.3, 0.4) is 0 Å². The summed E-state index contributed by atoms with van der Waals surface area (Å²) < 4.78 is 23.7. The van der Waals surface area contributed by atoms with E-state index in [1.165, 1.54) is 0 Å². The predicted molar refractivity (Wildman–Crippen MR) is 40.7 cm³/mol.